The van der Waals surface area contributed by atoms with E-state index in [1.807, 2.05) is 32.9 Å². The third kappa shape index (κ3) is 7.44. The highest BCUT2D eigenvalue weighted by Gasteiger charge is 2.33. The van der Waals surface area contributed by atoms with Crippen LogP contribution in [0.4, 0.5) is 5.69 Å². The molecule has 0 aliphatic heterocycles. The van der Waals surface area contributed by atoms with Gasteiger partial charge in [-0.3, -0.25) is 9.59 Å². The second-order valence-electron chi connectivity index (χ2n) is 9.23. The normalized spacial score (nSPS) is 13.2. The molecule has 0 aliphatic carbocycles. The van der Waals surface area contributed by atoms with E-state index in [0.29, 0.717) is 16.3 Å². The zero-order valence-corrected chi connectivity index (χ0v) is 23.7. The van der Waals surface area contributed by atoms with E-state index in [4.69, 9.17) is 11.6 Å². The van der Waals surface area contributed by atoms with Crippen LogP contribution in [0.1, 0.15) is 43.9 Å². The van der Waals surface area contributed by atoms with Gasteiger partial charge in [0.1, 0.15) is 12.6 Å². The summed E-state index contributed by atoms with van der Waals surface area (Å²) >= 11 is 6.02. The first-order chi connectivity index (χ1) is 16.8. The third-order valence-corrected chi connectivity index (χ3v) is 8.14. The molecule has 0 spiro atoms. The average Bonchev–Trinajstić information content (AvgIpc) is 2.82. The highest BCUT2D eigenvalue weighted by Crippen LogP contribution is 2.26. The lowest BCUT2D eigenvalue weighted by Crippen LogP contribution is -2.53. The number of rotatable bonds is 11. The molecule has 2 amide bonds. The average molecular weight is 537 g/mol. The Balaban J connectivity index is 2.49. The molecule has 2 unspecified atom stereocenters. The van der Waals surface area contributed by atoms with Crippen LogP contribution in [-0.4, -0.2) is 62.2 Å². The summed E-state index contributed by atoms with van der Waals surface area (Å²) in [5, 5.41) is 3.47. The lowest BCUT2D eigenvalue weighted by Gasteiger charge is -2.33. The Labute approximate surface area is 220 Å². The van der Waals surface area contributed by atoms with Gasteiger partial charge in [0.2, 0.25) is 11.8 Å². The van der Waals surface area contributed by atoms with Crippen LogP contribution in [0, 0.1) is 13.8 Å². The minimum absolute atomic E-state index is 0.0620. The summed E-state index contributed by atoms with van der Waals surface area (Å²) in [6.07, 6.45) is 0.741. The number of halogens is 1. The lowest BCUT2D eigenvalue weighted by atomic mass is 10.1. The van der Waals surface area contributed by atoms with Gasteiger partial charge >= 0.3 is 10.2 Å². The van der Waals surface area contributed by atoms with Gasteiger partial charge in [-0.05, 0) is 69.0 Å². The maximum atomic E-state index is 13.8. The van der Waals surface area contributed by atoms with Crippen LogP contribution in [0.25, 0.3) is 0 Å². The van der Waals surface area contributed by atoms with E-state index < -0.39 is 28.7 Å². The van der Waals surface area contributed by atoms with Crippen LogP contribution in [0.5, 0.6) is 0 Å². The zero-order chi connectivity index (χ0) is 27.2. The second kappa shape index (κ2) is 12.6. The van der Waals surface area contributed by atoms with Crippen LogP contribution in [0.2, 0.25) is 5.02 Å². The van der Waals surface area contributed by atoms with Crippen molar-refractivity contribution >= 4 is 39.3 Å². The number of carbonyl (C=O) groups is 2. The molecule has 36 heavy (non-hydrogen) atoms. The smallest absolute Gasteiger partial charge is 0.304 e. The minimum atomic E-state index is -4.01. The van der Waals surface area contributed by atoms with Crippen molar-refractivity contribution in [3.05, 3.63) is 64.2 Å². The van der Waals surface area contributed by atoms with Crippen molar-refractivity contribution in [3.63, 3.8) is 0 Å². The standard InChI is InChI=1S/C26H37ClN4O4S/c1-8-20(4)28-26(33)21(5)30(16-22-11-13-23(27)14-12-22)25(32)17-31(36(34,35)29(6)7)24-15-18(2)9-10-19(24)3/h9-15,20-21H,8,16-17H2,1-7H3,(H,28,33). The Bertz CT molecular complexity index is 1170. The maximum Gasteiger partial charge on any atom is 0.304 e. The Morgan fingerprint density at radius 3 is 2.19 bits per heavy atom. The molecule has 2 aromatic rings. The minimum Gasteiger partial charge on any atom is -0.352 e. The number of anilines is 1. The molecule has 2 rings (SSSR count). The topological polar surface area (TPSA) is 90.0 Å². The predicted molar refractivity (Wildman–Crippen MR) is 145 cm³/mol. The first-order valence-electron chi connectivity index (χ1n) is 11.9. The summed E-state index contributed by atoms with van der Waals surface area (Å²) in [4.78, 5) is 28.2. The molecule has 0 aliphatic rings. The van der Waals surface area contributed by atoms with Crippen LogP contribution in [0.15, 0.2) is 42.5 Å². The summed E-state index contributed by atoms with van der Waals surface area (Å²) in [6, 6.07) is 11.5. The molecular formula is C26H37ClN4O4S. The summed E-state index contributed by atoms with van der Waals surface area (Å²) in [7, 11) is -1.16. The fourth-order valence-electron chi connectivity index (χ4n) is 3.52. The number of aryl methyl sites for hydroxylation is 2. The molecule has 0 aromatic heterocycles. The number of amides is 2. The number of benzene rings is 2. The highest BCUT2D eigenvalue weighted by atomic mass is 35.5. The highest BCUT2D eigenvalue weighted by molar-refractivity contribution is 7.90. The molecule has 0 saturated carbocycles. The van der Waals surface area contributed by atoms with Crippen LogP contribution < -0.4 is 9.62 Å². The van der Waals surface area contributed by atoms with E-state index in [1.54, 1.807) is 44.2 Å². The predicted octanol–water partition coefficient (Wildman–Crippen LogP) is 3.90. The maximum absolute atomic E-state index is 13.8. The van der Waals surface area contributed by atoms with Crippen molar-refractivity contribution in [2.24, 2.45) is 0 Å². The molecule has 0 saturated heterocycles. The zero-order valence-electron chi connectivity index (χ0n) is 22.1. The molecule has 10 heteroatoms. The fraction of sp³-hybridized carbons (Fsp3) is 0.462. The summed E-state index contributed by atoms with van der Waals surface area (Å²) < 4.78 is 28.8. The Morgan fingerprint density at radius 1 is 1.03 bits per heavy atom. The monoisotopic (exact) mass is 536 g/mol. The lowest BCUT2D eigenvalue weighted by molar-refractivity contribution is -0.139. The Hall–Kier alpha value is -2.62. The Morgan fingerprint density at radius 2 is 1.64 bits per heavy atom. The van der Waals surface area contributed by atoms with Gasteiger partial charge < -0.3 is 10.2 Å². The summed E-state index contributed by atoms with van der Waals surface area (Å²) in [5.41, 5.74) is 2.76. The van der Waals surface area contributed by atoms with Gasteiger partial charge in [0.05, 0.1) is 5.69 Å². The van der Waals surface area contributed by atoms with Crippen LogP contribution in [-0.2, 0) is 26.3 Å². The van der Waals surface area contributed by atoms with E-state index in [2.05, 4.69) is 5.32 Å². The Kier molecular flexibility index (Phi) is 10.3. The van der Waals surface area contributed by atoms with Gasteiger partial charge in [0, 0.05) is 31.7 Å². The number of hydrogen-bond donors (Lipinski definition) is 1. The summed E-state index contributed by atoms with van der Waals surface area (Å²) in [6.45, 7) is 8.81. The first-order valence-corrected chi connectivity index (χ1v) is 13.7. The summed E-state index contributed by atoms with van der Waals surface area (Å²) in [5.74, 6) is -0.802. The van der Waals surface area contributed by atoms with Gasteiger partial charge in [-0.2, -0.15) is 12.7 Å². The first kappa shape index (κ1) is 29.6. The van der Waals surface area contributed by atoms with E-state index in [-0.39, 0.29) is 18.5 Å². The van der Waals surface area contributed by atoms with Gasteiger partial charge in [0.15, 0.2) is 0 Å². The number of hydrogen-bond acceptors (Lipinski definition) is 4. The van der Waals surface area contributed by atoms with E-state index in [9.17, 15) is 18.0 Å². The number of carbonyl (C=O) groups excluding carboxylic acids is 2. The molecule has 0 bridgehead atoms. The largest absolute Gasteiger partial charge is 0.352 e. The number of nitrogens with one attached hydrogen (secondary N) is 1. The van der Waals surface area contributed by atoms with Crippen molar-refractivity contribution in [3.8, 4) is 0 Å². The van der Waals surface area contributed by atoms with Crippen molar-refractivity contribution in [2.45, 2.75) is 59.7 Å². The van der Waals surface area contributed by atoms with E-state index >= 15 is 0 Å². The molecule has 2 aromatic carbocycles. The van der Waals surface area contributed by atoms with Gasteiger partial charge in [-0.15, -0.1) is 0 Å². The second-order valence-corrected chi connectivity index (χ2v) is 11.7. The molecule has 2 atom stereocenters. The van der Waals surface area contributed by atoms with E-state index in [0.717, 1.165) is 26.2 Å². The van der Waals surface area contributed by atoms with Crippen molar-refractivity contribution in [1.29, 1.82) is 0 Å². The van der Waals surface area contributed by atoms with E-state index in [1.165, 1.54) is 19.0 Å². The molecule has 8 nitrogen and oxygen atoms in total. The molecular weight excluding hydrogens is 500 g/mol. The van der Waals surface area contributed by atoms with Crippen molar-refractivity contribution in [1.82, 2.24) is 14.5 Å². The van der Waals surface area contributed by atoms with Crippen LogP contribution in [0.3, 0.4) is 0 Å². The third-order valence-electron chi connectivity index (χ3n) is 6.09. The molecule has 0 radical (unpaired) electrons. The molecule has 198 valence electrons. The van der Waals surface area contributed by atoms with Gasteiger partial charge in [-0.25, -0.2) is 4.31 Å². The van der Waals surface area contributed by atoms with Gasteiger partial charge in [0.25, 0.3) is 0 Å². The van der Waals surface area contributed by atoms with Crippen molar-refractivity contribution < 1.29 is 18.0 Å². The molecule has 0 heterocycles. The molecule has 1 N–H and O–H groups in total. The molecule has 0 fully saturated rings. The quantitative estimate of drug-likeness (QED) is 0.471. The van der Waals surface area contributed by atoms with Gasteiger partial charge in [-0.1, -0.05) is 42.8 Å². The number of nitrogens with zero attached hydrogens (tertiary/aromatic N) is 3. The van der Waals surface area contributed by atoms with Crippen LogP contribution >= 0.6 is 11.6 Å². The van der Waals surface area contributed by atoms with Crippen molar-refractivity contribution in [2.75, 3.05) is 24.9 Å². The SMILES string of the molecule is CCC(C)NC(=O)C(C)N(Cc1ccc(Cl)cc1)C(=O)CN(c1cc(C)ccc1C)S(=O)(=O)N(C)C. The fourth-order valence-corrected chi connectivity index (χ4v) is 4.76.